The van der Waals surface area contributed by atoms with Crippen LogP contribution in [0.25, 0.3) is 11.3 Å². The van der Waals surface area contributed by atoms with Crippen LogP contribution >= 0.6 is 0 Å². The van der Waals surface area contributed by atoms with Crippen LogP contribution in [0.2, 0.25) is 0 Å². The molecule has 0 aliphatic rings. The van der Waals surface area contributed by atoms with Crippen molar-refractivity contribution in [1.82, 2.24) is 10.1 Å². The Balaban J connectivity index is 1.52. The lowest BCUT2D eigenvalue weighted by molar-refractivity contribution is -0.145. The molecule has 0 saturated heterocycles. The number of oxazole rings is 1. The van der Waals surface area contributed by atoms with Crippen molar-refractivity contribution in [1.29, 1.82) is 0 Å². The van der Waals surface area contributed by atoms with Gasteiger partial charge in [-0.15, -0.1) is 0 Å². The van der Waals surface area contributed by atoms with Gasteiger partial charge in [0.15, 0.2) is 11.7 Å². The topological polar surface area (TPSA) is 78.4 Å². The molecule has 7 heteroatoms. The molecule has 6 nitrogen and oxygen atoms in total. The van der Waals surface area contributed by atoms with Gasteiger partial charge in [0, 0.05) is 12.0 Å². The van der Waals surface area contributed by atoms with Gasteiger partial charge < -0.3 is 13.7 Å². The molecule has 25 heavy (non-hydrogen) atoms. The highest BCUT2D eigenvalue weighted by molar-refractivity contribution is 5.69. The fourth-order valence-corrected chi connectivity index (χ4v) is 2.32. The minimum Gasteiger partial charge on any atom is -0.461 e. The first-order valence-corrected chi connectivity index (χ1v) is 7.81. The van der Waals surface area contributed by atoms with Gasteiger partial charge in [-0.3, -0.25) is 4.79 Å². The second kappa shape index (κ2) is 7.29. The van der Waals surface area contributed by atoms with E-state index < -0.39 is 0 Å². The van der Waals surface area contributed by atoms with Crippen molar-refractivity contribution < 1.29 is 22.9 Å². The molecule has 0 spiro atoms. The number of aryl methyl sites for hydroxylation is 3. The predicted molar refractivity (Wildman–Crippen MR) is 86.0 cm³/mol. The van der Waals surface area contributed by atoms with Crippen molar-refractivity contribution in [2.75, 3.05) is 0 Å². The van der Waals surface area contributed by atoms with E-state index in [9.17, 15) is 9.18 Å². The molecule has 0 bridgehead atoms. The van der Waals surface area contributed by atoms with Gasteiger partial charge in [-0.2, -0.15) is 0 Å². The molecule has 0 saturated carbocycles. The molecular formula is C18H17FN2O4. The van der Waals surface area contributed by atoms with Crippen LogP contribution in [0, 0.1) is 19.7 Å². The third kappa shape index (κ3) is 4.12. The molecular weight excluding hydrogens is 327 g/mol. The lowest BCUT2D eigenvalue weighted by Crippen LogP contribution is -2.06. The molecule has 0 N–H and O–H groups in total. The van der Waals surface area contributed by atoms with Crippen LogP contribution in [0.4, 0.5) is 4.39 Å². The number of benzene rings is 1. The predicted octanol–water partition coefficient (Wildman–Crippen LogP) is 3.76. The van der Waals surface area contributed by atoms with E-state index in [1.807, 2.05) is 0 Å². The molecule has 3 aromatic rings. The van der Waals surface area contributed by atoms with E-state index in [1.165, 1.54) is 12.1 Å². The van der Waals surface area contributed by atoms with E-state index in [4.69, 9.17) is 13.7 Å². The quantitative estimate of drug-likeness (QED) is 0.634. The summed E-state index contributed by atoms with van der Waals surface area (Å²) in [6.07, 6.45) is 2.02. The first-order valence-electron chi connectivity index (χ1n) is 7.81. The van der Waals surface area contributed by atoms with Crippen LogP contribution in [0.1, 0.15) is 29.3 Å². The number of carbonyl (C=O) groups excluding carboxylic acids is 1. The average molecular weight is 344 g/mol. The summed E-state index contributed by atoms with van der Waals surface area (Å²) in [4.78, 5) is 16.0. The number of nitrogens with zero attached hydrogens (tertiary/aromatic N) is 2. The summed E-state index contributed by atoms with van der Waals surface area (Å²) in [5, 5.41) is 3.81. The average Bonchev–Trinajstić information content (AvgIpc) is 3.19. The third-order valence-corrected chi connectivity index (χ3v) is 3.78. The van der Waals surface area contributed by atoms with Gasteiger partial charge in [-0.1, -0.05) is 5.16 Å². The van der Waals surface area contributed by atoms with Gasteiger partial charge >= 0.3 is 5.97 Å². The number of ether oxygens (including phenoxy) is 1. The van der Waals surface area contributed by atoms with Gasteiger partial charge in [0.2, 0.25) is 0 Å². The summed E-state index contributed by atoms with van der Waals surface area (Å²) in [5.41, 5.74) is 2.21. The zero-order valence-corrected chi connectivity index (χ0v) is 13.9. The Morgan fingerprint density at radius 2 is 2.00 bits per heavy atom. The van der Waals surface area contributed by atoms with Crippen LogP contribution in [-0.4, -0.2) is 16.1 Å². The maximum Gasteiger partial charge on any atom is 0.306 e. The zero-order valence-electron chi connectivity index (χ0n) is 13.9. The van der Waals surface area contributed by atoms with Crippen LogP contribution in [0.5, 0.6) is 0 Å². The molecule has 130 valence electrons. The number of aromatic nitrogens is 2. The van der Waals surface area contributed by atoms with E-state index in [-0.39, 0.29) is 24.8 Å². The van der Waals surface area contributed by atoms with Gasteiger partial charge in [-0.25, -0.2) is 9.37 Å². The Bertz CT molecular complexity index is 848. The molecule has 0 aliphatic carbocycles. The molecule has 0 unspecified atom stereocenters. The van der Waals surface area contributed by atoms with E-state index in [1.54, 1.807) is 32.2 Å². The summed E-state index contributed by atoms with van der Waals surface area (Å²) in [6.45, 7) is 3.70. The van der Waals surface area contributed by atoms with Gasteiger partial charge in [-0.05, 0) is 38.1 Å². The van der Waals surface area contributed by atoms with Crippen molar-refractivity contribution in [3.63, 3.8) is 0 Å². The second-order valence-electron chi connectivity index (χ2n) is 5.59. The standard InChI is InChI=1S/C18H17FN2O4/c1-11-15(12(2)25-21-11)10-23-18(22)8-7-17-20-9-16(24-17)13-3-5-14(19)6-4-13/h3-6,9H,7-8,10H2,1-2H3. The Labute approximate surface area is 143 Å². The Morgan fingerprint density at radius 3 is 2.68 bits per heavy atom. The first-order chi connectivity index (χ1) is 12.0. The Kier molecular flexibility index (Phi) is 4.92. The minimum atomic E-state index is -0.360. The van der Waals surface area contributed by atoms with E-state index in [0.717, 1.165) is 11.1 Å². The van der Waals surface area contributed by atoms with Crippen LogP contribution in [0.3, 0.4) is 0 Å². The van der Waals surface area contributed by atoms with Gasteiger partial charge in [0.25, 0.3) is 0 Å². The van der Waals surface area contributed by atoms with E-state index in [2.05, 4.69) is 10.1 Å². The SMILES string of the molecule is Cc1noc(C)c1COC(=O)CCc1ncc(-c2ccc(F)cc2)o1. The third-order valence-electron chi connectivity index (χ3n) is 3.78. The number of carbonyl (C=O) groups is 1. The van der Waals surface area contributed by atoms with Crippen molar-refractivity contribution >= 4 is 5.97 Å². The lowest BCUT2D eigenvalue weighted by Gasteiger charge is -2.03. The summed E-state index contributed by atoms with van der Waals surface area (Å²) >= 11 is 0. The monoisotopic (exact) mass is 344 g/mol. The number of esters is 1. The number of hydrogen-bond acceptors (Lipinski definition) is 6. The molecule has 2 heterocycles. The summed E-state index contributed by atoms with van der Waals surface area (Å²) < 4.78 is 28.8. The van der Waals surface area contributed by atoms with Crippen LogP contribution < -0.4 is 0 Å². The normalized spacial score (nSPS) is 10.8. The number of halogens is 1. The van der Waals surface area contributed by atoms with Crippen molar-refractivity contribution in [3.8, 4) is 11.3 Å². The summed E-state index contributed by atoms with van der Waals surface area (Å²) in [5.74, 6) is 0.917. The fraction of sp³-hybridized carbons (Fsp3) is 0.278. The van der Waals surface area contributed by atoms with E-state index in [0.29, 0.717) is 29.5 Å². The van der Waals surface area contributed by atoms with Crippen LogP contribution in [-0.2, 0) is 22.6 Å². The molecule has 0 fully saturated rings. The van der Waals surface area contributed by atoms with Crippen molar-refractivity contribution in [2.24, 2.45) is 0 Å². The smallest absolute Gasteiger partial charge is 0.306 e. The first kappa shape index (κ1) is 16.9. The van der Waals surface area contributed by atoms with Crippen LogP contribution in [0.15, 0.2) is 39.4 Å². The zero-order chi connectivity index (χ0) is 17.8. The lowest BCUT2D eigenvalue weighted by atomic mass is 10.2. The largest absolute Gasteiger partial charge is 0.461 e. The van der Waals surface area contributed by atoms with E-state index >= 15 is 0 Å². The highest BCUT2D eigenvalue weighted by Crippen LogP contribution is 2.21. The second-order valence-corrected chi connectivity index (χ2v) is 5.59. The highest BCUT2D eigenvalue weighted by atomic mass is 19.1. The molecule has 0 aliphatic heterocycles. The van der Waals surface area contributed by atoms with Crippen molar-refractivity contribution in [3.05, 3.63) is 59.2 Å². The maximum absolute atomic E-state index is 12.9. The number of hydrogen-bond donors (Lipinski definition) is 0. The summed E-state index contributed by atoms with van der Waals surface area (Å²) in [6, 6.07) is 5.92. The minimum absolute atomic E-state index is 0.131. The molecule has 0 radical (unpaired) electrons. The van der Waals surface area contributed by atoms with Gasteiger partial charge in [0.05, 0.1) is 23.9 Å². The molecule has 1 aromatic carbocycles. The molecule has 2 aromatic heterocycles. The Morgan fingerprint density at radius 1 is 1.24 bits per heavy atom. The van der Waals surface area contributed by atoms with Crippen molar-refractivity contribution in [2.45, 2.75) is 33.3 Å². The Hall–Kier alpha value is -2.96. The van der Waals surface area contributed by atoms with Gasteiger partial charge in [0.1, 0.15) is 18.2 Å². The highest BCUT2D eigenvalue weighted by Gasteiger charge is 2.13. The summed E-state index contributed by atoms with van der Waals surface area (Å²) in [7, 11) is 0. The molecule has 0 amide bonds. The number of rotatable bonds is 6. The molecule has 3 rings (SSSR count). The fourth-order valence-electron chi connectivity index (χ4n) is 2.32. The molecule has 0 atom stereocenters. The maximum atomic E-state index is 12.9.